The number of carbonyl (C=O) groups is 4. The van der Waals surface area contributed by atoms with E-state index in [0.717, 1.165) is 96.9 Å². The monoisotopic (exact) mass is 832 g/mol. The molecule has 6 rings (SSSR count). The Morgan fingerprint density at radius 3 is 1.33 bits per heavy atom. The second kappa shape index (κ2) is 21.2. The summed E-state index contributed by atoms with van der Waals surface area (Å²) in [5.74, 6) is 0.0462. The second-order valence-corrected chi connectivity index (χ2v) is 16.5. The number of amides is 4. The van der Waals surface area contributed by atoms with Crippen molar-refractivity contribution in [3.8, 4) is 0 Å². The number of ether oxygens (including phenoxy) is 2. The SMILES string of the molecule is CCN(CC)CC(=O)N1c2ccccc2CCc2ccc(NC(=O)OC(C)(C)C)cc21.CCN(CC)CC(=O)N1c2ccccc2CCc2ccc(NC(=O)OC(C)C)cc21. The number of para-hydroxylation sites is 2. The molecule has 2 heterocycles. The maximum Gasteiger partial charge on any atom is 0.412 e. The minimum atomic E-state index is -0.583. The van der Waals surface area contributed by atoms with Crippen LogP contribution < -0.4 is 20.4 Å². The van der Waals surface area contributed by atoms with Crippen LogP contribution in [0.25, 0.3) is 0 Å². The number of likely N-dealkylation sites (N-methyl/N-ethyl adjacent to an activating group) is 2. The van der Waals surface area contributed by atoms with E-state index in [9.17, 15) is 19.2 Å². The van der Waals surface area contributed by atoms with Crippen LogP contribution in [0, 0.1) is 0 Å². The van der Waals surface area contributed by atoms with Crippen LogP contribution in [0.15, 0.2) is 84.9 Å². The fraction of sp³-hybridized carbons (Fsp3) is 0.429. The van der Waals surface area contributed by atoms with Gasteiger partial charge in [-0.05, 0) is 145 Å². The van der Waals surface area contributed by atoms with Crippen LogP contribution in [0.5, 0.6) is 0 Å². The lowest BCUT2D eigenvalue weighted by molar-refractivity contribution is -0.119. The number of fused-ring (bicyclic) bond motifs is 4. The molecule has 0 saturated heterocycles. The van der Waals surface area contributed by atoms with Crippen LogP contribution in [0.2, 0.25) is 0 Å². The van der Waals surface area contributed by atoms with Crippen LogP contribution in [0.3, 0.4) is 0 Å². The van der Waals surface area contributed by atoms with Crippen molar-refractivity contribution in [2.45, 2.75) is 99.7 Å². The van der Waals surface area contributed by atoms with E-state index >= 15 is 0 Å². The molecule has 0 fully saturated rings. The first-order valence-corrected chi connectivity index (χ1v) is 21.6. The van der Waals surface area contributed by atoms with E-state index in [-0.39, 0.29) is 17.9 Å². The third-order valence-corrected chi connectivity index (χ3v) is 10.7. The molecule has 0 bridgehead atoms. The number of carbonyl (C=O) groups excluding carboxylic acids is 4. The van der Waals surface area contributed by atoms with Gasteiger partial charge in [0.2, 0.25) is 11.8 Å². The lowest BCUT2D eigenvalue weighted by atomic mass is 10.0. The van der Waals surface area contributed by atoms with E-state index in [1.807, 2.05) is 103 Å². The molecule has 0 radical (unpaired) electrons. The second-order valence-electron chi connectivity index (χ2n) is 16.5. The highest BCUT2D eigenvalue weighted by atomic mass is 16.6. The van der Waals surface area contributed by atoms with Gasteiger partial charge in [0, 0.05) is 11.4 Å². The lowest BCUT2D eigenvalue weighted by Crippen LogP contribution is -2.38. The molecular formula is C49H64N6O6. The maximum atomic E-state index is 13.5. The van der Waals surface area contributed by atoms with Gasteiger partial charge in [-0.2, -0.15) is 0 Å². The zero-order valence-electron chi connectivity index (χ0n) is 37.5. The smallest absolute Gasteiger partial charge is 0.412 e. The number of nitrogens with one attached hydrogen (secondary N) is 2. The topological polar surface area (TPSA) is 124 Å². The molecule has 61 heavy (non-hydrogen) atoms. The van der Waals surface area contributed by atoms with Crippen molar-refractivity contribution in [2.24, 2.45) is 0 Å². The number of hydrogen-bond acceptors (Lipinski definition) is 8. The van der Waals surface area contributed by atoms with E-state index < -0.39 is 17.8 Å². The zero-order chi connectivity index (χ0) is 44.3. The van der Waals surface area contributed by atoms with Gasteiger partial charge in [0.1, 0.15) is 5.60 Å². The van der Waals surface area contributed by atoms with Crippen LogP contribution in [-0.2, 0) is 44.7 Å². The van der Waals surface area contributed by atoms with Gasteiger partial charge in [0.15, 0.2) is 0 Å². The Kier molecular flexibility index (Phi) is 16.1. The molecule has 0 saturated carbocycles. The average Bonchev–Trinajstić information content (AvgIpc) is 3.48. The Balaban J connectivity index is 0.000000231. The number of anilines is 6. The van der Waals surface area contributed by atoms with Gasteiger partial charge in [-0.1, -0.05) is 76.2 Å². The van der Waals surface area contributed by atoms with Crippen molar-refractivity contribution in [3.63, 3.8) is 0 Å². The number of aryl methyl sites for hydroxylation is 4. The molecule has 0 aromatic heterocycles. The number of rotatable bonds is 11. The summed E-state index contributed by atoms with van der Waals surface area (Å²) in [4.78, 5) is 59.2. The van der Waals surface area contributed by atoms with Gasteiger partial charge >= 0.3 is 12.2 Å². The summed E-state index contributed by atoms with van der Waals surface area (Å²) in [5.41, 5.74) is 8.55. The van der Waals surface area contributed by atoms with E-state index in [1.54, 1.807) is 13.8 Å². The lowest BCUT2D eigenvalue weighted by Gasteiger charge is -2.28. The highest BCUT2D eigenvalue weighted by molar-refractivity contribution is 6.05. The normalized spacial score (nSPS) is 13.1. The van der Waals surface area contributed by atoms with Gasteiger partial charge in [0.25, 0.3) is 0 Å². The van der Waals surface area contributed by atoms with E-state index in [1.165, 1.54) is 0 Å². The average molecular weight is 833 g/mol. The number of nitrogens with zero attached hydrogens (tertiary/aromatic N) is 4. The third kappa shape index (κ3) is 12.4. The molecule has 2 aliphatic heterocycles. The molecular weight excluding hydrogens is 769 g/mol. The highest BCUT2D eigenvalue weighted by Crippen LogP contribution is 2.39. The van der Waals surface area contributed by atoms with Crippen LogP contribution >= 0.6 is 0 Å². The molecule has 0 atom stereocenters. The fourth-order valence-corrected chi connectivity index (χ4v) is 7.54. The van der Waals surface area contributed by atoms with E-state index in [4.69, 9.17) is 9.47 Å². The summed E-state index contributed by atoms with van der Waals surface area (Å²) in [7, 11) is 0. The van der Waals surface area contributed by atoms with Crippen LogP contribution in [0.1, 0.15) is 84.6 Å². The predicted molar refractivity (Wildman–Crippen MR) is 246 cm³/mol. The Morgan fingerprint density at radius 2 is 0.951 bits per heavy atom. The summed E-state index contributed by atoms with van der Waals surface area (Å²) in [6, 6.07) is 27.6. The summed E-state index contributed by atoms with van der Waals surface area (Å²) in [5, 5.41) is 5.59. The fourth-order valence-electron chi connectivity index (χ4n) is 7.54. The quantitative estimate of drug-likeness (QED) is 0.153. The molecule has 12 nitrogen and oxygen atoms in total. The first-order valence-electron chi connectivity index (χ1n) is 21.6. The Morgan fingerprint density at radius 1 is 0.574 bits per heavy atom. The molecule has 12 heteroatoms. The summed E-state index contributed by atoms with van der Waals surface area (Å²) in [6.45, 7) is 21.3. The van der Waals surface area contributed by atoms with Gasteiger partial charge in [-0.3, -0.25) is 39.8 Å². The van der Waals surface area contributed by atoms with Crippen molar-refractivity contribution in [1.29, 1.82) is 0 Å². The van der Waals surface area contributed by atoms with Gasteiger partial charge in [-0.15, -0.1) is 0 Å². The first kappa shape index (κ1) is 46.3. The molecule has 0 aliphatic carbocycles. The number of benzene rings is 4. The van der Waals surface area contributed by atoms with E-state index in [2.05, 4.69) is 60.3 Å². The molecule has 4 aromatic carbocycles. The van der Waals surface area contributed by atoms with Crippen molar-refractivity contribution >= 4 is 58.1 Å². The Bertz CT molecular complexity index is 2160. The molecule has 0 spiro atoms. The van der Waals surface area contributed by atoms with Crippen LogP contribution in [-0.4, -0.2) is 84.8 Å². The number of hydrogen-bond donors (Lipinski definition) is 2. The Labute approximate surface area is 362 Å². The molecule has 4 amide bonds. The first-order chi connectivity index (χ1) is 29.1. The van der Waals surface area contributed by atoms with Crippen molar-refractivity contribution in [3.05, 3.63) is 107 Å². The van der Waals surface area contributed by atoms with Crippen molar-refractivity contribution in [2.75, 3.05) is 59.7 Å². The summed E-state index contributed by atoms with van der Waals surface area (Å²) < 4.78 is 10.6. The molecule has 2 N–H and O–H groups in total. The maximum absolute atomic E-state index is 13.5. The molecule has 326 valence electrons. The minimum absolute atomic E-state index is 0.0220. The molecule has 2 aliphatic rings. The molecule has 4 aromatic rings. The summed E-state index contributed by atoms with van der Waals surface area (Å²) in [6.07, 6.45) is 2.16. The van der Waals surface area contributed by atoms with E-state index in [0.29, 0.717) is 24.5 Å². The van der Waals surface area contributed by atoms with Gasteiger partial charge in [0.05, 0.1) is 41.9 Å². The minimum Gasteiger partial charge on any atom is -0.447 e. The highest BCUT2D eigenvalue weighted by Gasteiger charge is 2.29. The zero-order valence-corrected chi connectivity index (χ0v) is 37.5. The summed E-state index contributed by atoms with van der Waals surface area (Å²) >= 11 is 0. The van der Waals surface area contributed by atoms with Crippen molar-refractivity contribution < 1.29 is 28.7 Å². The molecule has 0 unspecified atom stereocenters. The largest absolute Gasteiger partial charge is 0.447 e. The standard InChI is InChI=1S/C25H33N3O3.C24H31N3O3/c1-6-27(7-2)17-23(29)28-21-11-9-8-10-18(21)12-13-19-14-15-20(16-22(19)28)26-24(30)31-25(3,4)5;1-5-26(6-2)16-23(28)27-21-10-8-7-9-18(21)11-12-19-13-14-20(15-22(19)27)25-24(29)30-17(3)4/h8-11,14-16H,6-7,12-13,17H2,1-5H3,(H,26,30);7-10,13-15,17H,5-6,11-12,16H2,1-4H3,(H,25,29). The van der Waals surface area contributed by atoms with Crippen LogP contribution in [0.4, 0.5) is 43.7 Å². The predicted octanol–water partition coefficient (Wildman–Crippen LogP) is 9.89. The third-order valence-electron chi connectivity index (χ3n) is 10.7. The Hall–Kier alpha value is -5.72. The van der Waals surface area contributed by atoms with Crippen molar-refractivity contribution in [1.82, 2.24) is 9.80 Å². The van der Waals surface area contributed by atoms with Gasteiger partial charge in [-0.25, -0.2) is 9.59 Å². The van der Waals surface area contributed by atoms with Gasteiger partial charge < -0.3 is 9.47 Å².